The fourth-order valence-corrected chi connectivity index (χ4v) is 4.70. The first-order chi connectivity index (χ1) is 14.5. The number of carboxylic acids is 1. The van der Waals surface area contributed by atoms with Crippen molar-refractivity contribution in [2.24, 2.45) is 7.05 Å². The van der Waals surface area contributed by atoms with Gasteiger partial charge in [0, 0.05) is 33.6 Å². The Hall–Kier alpha value is -2.88. The minimum atomic E-state index is -0.961. The van der Waals surface area contributed by atoms with Crippen molar-refractivity contribution in [2.75, 3.05) is 0 Å². The Morgan fingerprint density at radius 2 is 1.77 bits per heavy atom. The summed E-state index contributed by atoms with van der Waals surface area (Å²) in [4.78, 5) is 26.3. The molecule has 2 N–H and O–H groups in total. The van der Waals surface area contributed by atoms with Gasteiger partial charge in [-0.2, -0.15) is 0 Å². The minimum absolute atomic E-state index is 0.206. The second-order valence-electron chi connectivity index (χ2n) is 8.08. The molecule has 0 unspecified atom stereocenters. The fraction of sp³-hybridized carbons (Fsp3) is 0.360. The third-order valence-corrected chi connectivity index (χ3v) is 5.76. The lowest BCUT2D eigenvalue weighted by Gasteiger charge is -2.17. The number of fused-ring (bicyclic) bond motifs is 1. The first kappa shape index (κ1) is 26.2. The summed E-state index contributed by atoms with van der Waals surface area (Å²) < 4.78 is 1.43. The monoisotopic (exact) mass is 441 g/mol. The van der Waals surface area contributed by atoms with E-state index in [-0.39, 0.29) is 12.0 Å². The molecule has 2 heterocycles. The summed E-state index contributed by atoms with van der Waals surface area (Å²) in [5.74, 6) is -0.961. The number of carboxylic acid groups (broad SMARTS) is 1. The zero-order chi connectivity index (χ0) is 23.9. The lowest BCUT2D eigenvalue weighted by Crippen LogP contribution is -2.26. The highest BCUT2D eigenvalue weighted by molar-refractivity contribution is 7.15. The highest BCUT2D eigenvalue weighted by Crippen LogP contribution is 2.40. The number of hydrogen-bond donors (Lipinski definition) is 2. The maximum Gasteiger partial charge on any atom is 0.309 e. The van der Waals surface area contributed by atoms with Crippen LogP contribution in [0.25, 0.3) is 22.6 Å². The Kier molecular flexibility index (Phi) is 9.23. The van der Waals surface area contributed by atoms with E-state index in [1.54, 1.807) is 45.2 Å². The standard InChI is InChI=1S/C19H19NO3S.C4H10O.C2H2/c1-4-12-13(5-2)19(23)20(3)14(10-17(21)22)18(12)16-9-11-7-6-8-15(11)24-16;1-4(2,3)5;1-2/h4-5,9H,1-2,6-8,10H2,3H3,(H,21,22);5H,1-3H3;1-2H. The summed E-state index contributed by atoms with van der Waals surface area (Å²) in [5.41, 5.74) is 3.02. The first-order valence-corrected chi connectivity index (χ1v) is 10.7. The quantitative estimate of drug-likeness (QED) is 0.668. The van der Waals surface area contributed by atoms with Gasteiger partial charge in [-0.1, -0.05) is 25.3 Å². The van der Waals surface area contributed by atoms with E-state index in [0.717, 1.165) is 23.3 Å². The van der Waals surface area contributed by atoms with E-state index in [0.29, 0.717) is 16.8 Å². The van der Waals surface area contributed by atoms with E-state index in [9.17, 15) is 14.7 Å². The number of aliphatic carboxylic acids is 1. The molecule has 0 aliphatic heterocycles. The minimum Gasteiger partial charge on any atom is -0.481 e. The summed E-state index contributed by atoms with van der Waals surface area (Å²) in [6, 6.07) is 2.14. The molecule has 0 radical (unpaired) electrons. The number of pyridine rings is 1. The van der Waals surface area contributed by atoms with Crippen LogP contribution in [0, 0.1) is 12.8 Å². The van der Waals surface area contributed by atoms with Gasteiger partial charge in [-0.15, -0.1) is 24.2 Å². The highest BCUT2D eigenvalue weighted by Gasteiger charge is 2.24. The molecular formula is C25H31NO4S. The average molecular weight is 442 g/mol. The highest BCUT2D eigenvalue weighted by atomic mass is 32.1. The molecule has 1 aliphatic carbocycles. The number of rotatable bonds is 5. The molecular weight excluding hydrogens is 410 g/mol. The number of thiophene rings is 1. The van der Waals surface area contributed by atoms with Crippen molar-refractivity contribution in [2.45, 2.75) is 52.1 Å². The van der Waals surface area contributed by atoms with E-state index in [2.05, 4.69) is 32.1 Å². The van der Waals surface area contributed by atoms with Crippen molar-refractivity contribution < 1.29 is 15.0 Å². The Morgan fingerprint density at radius 1 is 1.23 bits per heavy atom. The van der Waals surface area contributed by atoms with Crippen LogP contribution in [0.3, 0.4) is 0 Å². The van der Waals surface area contributed by atoms with Crippen LogP contribution < -0.4 is 5.56 Å². The maximum atomic E-state index is 12.6. The van der Waals surface area contributed by atoms with E-state index in [1.165, 1.54) is 27.5 Å². The fourth-order valence-electron chi connectivity index (χ4n) is 3.36. The van der Waals surface area contributed by atoms with E-state index >= 15 is 0 Å². The molecule has 0 saturated heterocycles. The summed E-state index contributed by atoms with van der Waals surface area (Å²) in [6.45, 7) is 12.8. The number of nitrogens with zero attached hydrogens (tertiary/aromatic N) is 1. The molecule has 2 aromatic rings. The number of hydrogen-bond acceptors (Lipinski definition) is 4. The van der Waals surface area contributed by atoms with Gasteiger partial charge in [0.15, 0.2) is 0 Å². The molecule has 6 heteroatoms. The van der Waals surface area contributed by atoms with Crippen LogP contribution in [-0.4, -0.2) is 26.4 Å². The largest absolute Gasteiger partial charge is 0.481 e. The molecule has 0 bridgehead atoms. The van der Waals surface area contributed by atoms with Crippen molar-refractivity contribution >= 4 is 29.5 Å². The lowest BCUT2D eigenvalue weighted by atomic mass is 9.97. The lowest BCUT2D eigenvalue weighted by molar-refractivity contribution is -0.136. The molecule has 0 spiro atoms. The molecule has 31 heavy (non-hydrogen) atoms. The zero-order valence-corrected chi connectivity index (χ0v) is 19.5. The molecule has 166 valence electrons. The van der Waals surface area contributed by atoms with Gasteiger partial charge in [0.05, 0.1) is 12.0 Å². The number of aryl methyl sites for hydroxylation is 2. The van der Waals surface area contributed by atoms with Gasteiger partial charge in [-0.05, 0) is 57.2 Å². The van der Waals surface area contributed by atoms with Gasteiger partial charge < -0.3 is 14.8 Å². The summed E-state index contributed by atoms with van der Waals surface area (Å²) >= 11 is 1.69. The number of aliphatic hydroxyl groups is 1. The van der Waals surface area contributed by atoms with Crippen molar-refractivity contribution in [1.29, 1.82) is 0 Å². The first-order valence-electron chi connectivity index (χ1n) is 9.88. The van der Waals surface area contributed by atoms with Gasteiger partial charge in [-0.3, -0.25) is 9.59 Å². The van der Waals surface area contributed by atoms with Crippen LogP contribution in [0.2, 0.25) is 0 Å². The van der Waals surface area contributed by atoms with Crippen molar-refractivity contribution in [3.05, 3.63) is 56.8 Å². The molecule has 0 amide bonds. The van der Waals surface area contributed by atoms with Crippen LogP contribution in [0.1, 0.15) is 54.5 Å². The summed E-state index contributed by atoms with van der Waals surface area (Å²) in [7, 11) is 1.62. The average Bonchev–Trinajstić information content (AvgIpc) is 3.27. The number of carbonyl (C=O) groups is 1. The molecule has 0 saturated carbocycles. The normalized spacial score (nSPS) is 12.0. The topological polar surface area (TPSA) is 79.5 Å². The Morgan fingerprint density at radius 3 is 2.23 bits per heavy atom. The van der Waals surface area contributed by atoms with Crippen molar-refractivity contribution in [1.82, 2.24) is 4.57 Å². The zero-order valence-electron chi connectivity index (χ0n) is 18.7. The van der Waals surface area contributed by atoms with E-state index in [4.69, 9.17) is 5.11 Å². The van der Waals surface area contributed by atoms with Crippen LogP contribution in [0.5, 0.6) is 0 Å². The summed E-state index contributed by atoms with van der Waals surface area (Å²) in [5, 5.41) is 17.8. The second kappa shape index (κ2) is 10.9. The van der Waals surface area contributed by atoms with Crippen LogP contribution in [0.4, 0.5) is 0 Å². The van der Waals surface area contributed by atoms with Crippen LogP contribution in [0.15, 0.2) is 24.0 Å². The van der Waals surface area contributed by atoms with E-state index in [1.807, 2.05) is 0 Å². The number of terminal acetylenes is 1. The van der Waals surface area contributed by atoms with Gasteiger partial charge in [0.1, 0.15) is 0 Å². The molecule has 5 nitrogen and oxygen atoms in total. The Balaban J connectivity index is 0.000000605. The third-order valence-electron chi connectivity index (χ3n) is 4.51. The predicted molar refractivity (Wildman–Crippen MR) is 130 cm³/mol. The van der Waals surface area contributed by atoms with Crippen molar-refractivity contribution in [3.8, 4) is 23.3 Å². The van der Waals surface area contributed by atoms with E-state index < -0.39 is 11.6 Å². The van der Waals surface area contributed by atoms with Crippen LogP contribution >= 0.6 is 11.3 Å². The molecule has 1 aliphatic rings. The Bertz CT molecular complexity index is 1020. The second-order valence-corrected chi connectivity index (χ2v) is 9.21. The molecule has 0 atom stereocenters. The molecule has 2 aromatic heterocycles. The third kappa shape index (κ3) is 6.55. The molecule has 0 aromatic carbocycles. The van der Waals surface area contributed by atoms with Gasteiger partial charge in [-0.25, -0.2) is 0 Å². The smallest absolute Gasteiger partial charge is 0.309 e. The predicted octanol–water partition coefficient (Wildman–Crippen LogP) is 4.54. The summed E-state index contributed by atoms with van der Waals surface area (Å²) in [6.07, 6.45) is 14.2. The SMILES string of the molecule is C#C.C=Cc1c(-c2cc3c(s2)CCC3)c(CC(=O)O)n(C)c(=O)c1C=C.CC(C)(C)O. The Labute approximate surface area is 188 Å². The molecule has 0 fully saturated rings. The maximum absolute atomic E-state index is 12.6. The molecule has 3 rings (SSSR count). The van der Waals surface area contributed by atoms with Gasteiger partial charge in [0.25, 0.3) is 5.56 Å². The van der Waals surface area contributed by atoms with Gasteiger partial charge in [0.2, 0.25) is 0 Å². The van der Waals surface area contributed by atoms with Gasteiger partial charge >= 0.3 is 5.97 Å². The van der Waals surface area contributed by atoms with Crippen molar-refractivity contribution in [3.63, 3.8) is 0 Å². The van der Waals surface area contributed by atoms with Crippen LogP contribution in [-0.2, 0) is 31.1 Å². The number of aromatic nitrogens is 1.